The van der Waals surface area contributed by atoms with Crippen LogP contribution >= 0.6 is 0 Å². The van der Waals surface area contributed by atoms with E-state index >= 15 is 0 Å². The lowest BCUT2D eigenvalue weighted by Crippen LogP contribution is -2.18. The molecule has 2 N–H and O–H groups in total. The van der Waals surface area contributed by atoms with Crippen LogP contribution in [0.15, 0.2) is 103 Å². The number of pyridine rings is 1. The van der Waals surface area contributed by atoms with Crippen LogP contribution in [-0.4, -0.2) is 33.6 Å². The summed E-state index contributed by atoms with van der Waals surface area (Å²) in [7, 11) is 1.59. The van der Waals surface area contributed by atoms with Gasteiger partial charge in [0.2, 0.25) is 5.91 Å². The molecule has 7 nitrogen and oxygen atoms in total. The SMILES string of the molecule is CNC(=O)CCc1cc(-c2ccc(-c3ccc(C(F)(F)F)cc3)cc2)nn1-c1ccc(NC(=O)c2ccncc2)cc1. The monoisotopic (exact) mass is 569 g/mol. The molecule has 5 aromatic rings. The Morgan fingerprint density at radius 1 is 0.810 bits per heavy atom. The van der Waals surface area contributed by atoms with E-state index in [0.717, 1.165) is 34.6 Å². The number of anilines is 1. The number of nitrogens with one attached hydrogen (secondary N) is 2. The lowest BCUT2D eigenvalue weighted by Gasteiger charge is -2.09. The van der Waals surface area contributed by atoms with Crippen LogP contribution in [0.1, 0.15) is 28.0 Å². The van der Waals surface area contributed by atoms with E-state index in [1.54, 1.807) is 48.4 Å². The highest BCUT2D eigenvalue weighted by Gasteiger charge is 2.30. The first-order valence-electron chi connectivity index (χ1n) is 13.1. The van der Waals surface area contributed by atoms with Crippen molar-refractivity contribution in [2.24, 2.45) is 0 Å². The summed E-state index contributed by atoms with van der Waals surface area (Å²) < 4.78 is 40.5. The van der Waals surface area contributed by atoms with Crippen molar-refractivity contribution >= 4 is 17.5 Å². The van der Waals surface area contributed by atoms with E-state index in [0.29, 0.717) is 28.9 Å². The molecule has 212 valence electrons. The smallest absolute Gasteiger partial charge is 0.359 e. The van der Waals surface area contributed by atoms with Crippen LogP contribution in [-0.2, 0) is 17.4 Å². The number of amides is 2. The minimum absolute atomic E-state index is 0.0978. The molecular formula is C32H26F3N5O2. The van der Waals surface area contributed by atoms with Crippen molar-refractivity contribution in [3.63, 3.8) is 0 Å². The first kappa shape index (κ1) is 28.3. The molecule has 0 bridgehead atoms. The summed E-state index contributed by atoms with van der Waals surface area (Å²) in [6.07, 6.45) is -0.567. The summed E-state index contributed by atoms with van der Waals surface area (Å²) in [6.45, 7) is 0. The Balaban J connectivity index is 1.39. The molecule has 0 saturated carbocycles. The highest BCUT2D eigenvalue weighted by atomic mass is 19.4. The Morgan fingerprint density at radius 2 is 1.40 bits per heavy atom. The standard InChI is InChI=1S/C32H26F3N5O2/c1-36-30(41)15-14-28-20-29(23-4-2-21(3-5-23)22-6-8-25(9-7-22)32(33,34)35)39-40(28)27-12-10-26(11-13-27)38-31(42)24-16-18-37-19-17-24/h2-13,16-20H,14-15H2,1H3,(H,36,41)(H,38,42). The van der Waals surface area contributed by atoms with Crippen LogP contribution in [0.4, 0.5) is 18.9 Å². The molecule has 42 heavy (non-hydrogen) atoms. The largest absolute Gasteiger partial charge is 0.416 e. The van der Waals surface area contributed by atoms with E-state index in [1.165, 1.54) is 12.1 Å². The van der Waals surface area contributed by atoms with Crippen LogP contribution in [0, 0.1) is 0 Å². The molecule has 5 rings (SSSR count). The van der Waals surface area contributed by atoms with Gasteiger partial charge in [-0.2, -0.15) is 18.3 Å². The van der Waals surface area contributed by atoms with Gasteiger partial charge >= 0.3 is 6.18 Å². The Bertz CT molecular complexity index is 1680. The van der Waals surface area contributed by atoms with Gasteiger partial charge in [-0.05, 0) is 72.1 Å². The van der Waals surface area contributed by atoms with Gasteiger partial charge in [0.15, 0.2) is 0 Å². The maximum atomic E-state index is 12.9. The molecule has 10 heteroatoms. The van der Waals surface area contributed by atoms with E-state index in [2.05, 4.69) is 15.6 Å². The van der Waals surface area contributed by atoms with E-state index in [4.69, 9.17) is 5.10 Å². The molecule has 0 aliphatic heterocycles. The summed E-state index contributed by atoms with van der Waals surface area (Å²) >= 11 is 0. The topological polar surface area (TPSA) is 88.9 Å². The maximum absolute atomic E-state index is 12.9. The van der Waals surface area contributed by atoms with Gasteiger partial charge in [-0.25, -0.2) is 4.68 Å². The number of aromatic nitrogens is 3. The lowest BCUT2D eigenvalue weighted by atomic mass is 10.0. The normalized spacial score (nSPS) is 11.2. The highest BCUT2D eigenvalue weighted by molar-refractivity contribution is 6.04. The van der Waals surface area contributed by atoms with Crippen LogP contribution < -0.4 is 10.6 Å². The van der Waals surface area contributed by atoms with Crippen LogP contribution in [0.5, 0.6) is 0 Å². The molecule has 0 saturated heterocycles. The maximum Gasteiger partial charge on any atom is 0.416 e. The van der Waals surface area contributed by atoms with Gasteiger partial charge in [0.25, 0.3) is 5.91 Å². The molecule has 0 unspecified atom stereocenters. The second kappa shape index (κ2) is 12.1. The molecule has 0 aliphatic rings. The number of hydrogen-bond acceptors (Lipinski definition) is 4. The first-order chi connectivity index (χ1) is 20.2. The number of halogens is 3. The number of carbonyl (C=O) groups excluding carboxylic acids is 2. The van der Waals surface area contributed by atoms with Gasteiger partial charge in [0, 0.05) is 48.4 Å². The van der Waals surface area contributed by atoms with E-state index < -0.39 is 11.7 Å². The minimum atomic E-state index is -4.38. The predicted molar refractivity (Wildman–Crippen MR) is 154 cm³/mol. The molecule has 3 aromatic carbocycles. The number of aryl methyl sites for hydroxylation is 1. The molecule has 0 spiro atoms. The molecule has 0 atom stereocenters. The third-order valence-electron chi connectivity index (χ3n) is 6.71. The fourth-order valence-electron chi connectivity index (χ4n) is 4.41. The van der Waals surface area contributed by atoms with Crippen molar-refractivity contribution in [1.29, 1.82) is 0 Å². The summed E-state index contributed by atoms with van der Waals surface area (Å²) in [5, 5.41) is 10.3. The fourth-order valence-corrected chi connectivity index (χ4v) is 4.41. The van der Waals surface area contributed by atoms with Crippen molar-refractivity contribution in [3.8, 4) is 28.1 Å². The number of rotatable bonds is 8. The Labute approximate surface area is 240 Å². The summed E-state index contributed by atoms with van der Waals surface area (Å²) in [4.78, 5) is 28.4. The number of alkyl halides is 3. The minimum Gasteiger partial charge on any atom is -0.359 e. The second-order valence-corrected chi connectivity index (χ2v) is 9.50. The molecule has 2 amide bonds. The number of nitrogens with zero attached hydrogens (tertiary/aromatic N) is 3. The average Bonchev–Trinajstić information content (AvgIpc) is 3.44. The third-order valence-corrected chi connectivity index (χ3v) is 6.71. The first-order valence-corrected chi connectivity index (χ1v) is 13.1. The molecule has 0 aliphatic carbocycles. The summed E-state index contributed by atoms with van der Waals surface area (Å²) in [5.74, 6) is -0.350. The zero-order chi connectivity index (χ0) is 29.7. The second-order valence-electron chi connectivity index (χ2n) is 9.50. The molecule has 0 fully saturated rings. The van der Waals surface area contributed by atoms with Gasteiger partial charge in [0.05, 0.1) is 16.9 Å². The number of hydrogen-bond donors (Lipinski definition) is 2. The van der Waals surface area contributed by atoms with Crippen LogP contribution in [0.2, 0.25) is 0 Å². The van der Waals surface area contributed by atoms with Crippen molar-refractivity contribution in [2.75, 3.05) is 12.4 Å². The number of carbonyl (C=O) groups is 2. The predicted octanol–water partition coefficient (Wildman–Crippen LogP) is 6.55. The van der Waals surface area contributed by atoms with E-state index in [9.17, 15) is 22.8 Å². The average molecular weight is 570 g/mol. The van der Waals surface area contributed by atoms with Gasteiger partial charge in [0.1, 0.15) is 0 Å². The van der Waals surface area contributed by atoms with Gasteiger partial charge in [-0.15, -0.1) is 0 Å². The van der Waals surface area contributed by atoms with Gasteiger partial charge in [-0.1, -0.05) is 36.4 Å². The third kappa shape index (κ3) is 6.55. The quantitative estimate of drug-likeness (QED) is 0.222. The summed E-state index contributed by atoms with van der Waals surface area (Å²) in [5.41, 5.74) is 4.90. The molecule has 2 heterocycles. The summed E-state index contributed by atoms with van der Waals surface area (Å²) in [6, 6.07) is 24.8. The highest BCUT2D eigenvalue weighted by Crippen LogP contribution is 2.32. The Morgan fingerprint density at radius 3 is 2.00 bits per heavy atom. The fraction of sp³-hybridized carbons (Fsp3) is 0.125. The molecule has 0 radical (unpaired) electrons. The van der Waals surface area contributed by atoms with Crippen molar-refractivity contribution in [3.05, 3.63) is 120 Å². The number of benzene rings is 3. The zero-order valence-electron chi connectivity index (χ0n) is 22.5. The molecular weight excluding hydrogens is 543 g/mol. The van der Waals surface area contributed by atoms with Crippen molar-refractivity contribution in [1.82, 2.24) is 20.1 Å². The Kier molecular flexibility index (Phi) is 8.14. The van der Waals surface area contributed by atoms with E-state index in [-0.39, 0.29) is 18.2 Å². The lowest BCUT2D eigenvalue weighted by molar-refractivity contribution is -0.137. The zero-order valence-corrected chi connectivity index (χ0v) is 22.5. The molecule has 2 aromatic heterocycles. The van der Waals surface area contributed by atoms with Gasteiger partial charge in [-0.3, -0.25) is 14.6 Å². The van der Waals surface area contributed by atoms with Crippen LogP contribution in [0.3, 0.4) is 0 Å². The Hall–Kier alpha value is -5.25. The van der Waals surface area contributed by atoms with Crippen molar-refractivity contribution in [2.45, 2.75) is 19.0 Å². The van der Waals surface area contributed by atoms with Crippen molar-refractivity contribution < 1.29 is 22.8 Å². The van der Waals surface area contributed by atoms with Gasteiger partial charge < -0.3 is 10.6 Å². The van der Waals surface area contributed by atoms with Crippen LogP contribution in [0.25, 0.3) is 28.1 Å². The van der Waals surface area contributed by atoms with E-state index in [1.807, 2.05) is 42.5 Å².